The number of anilines is 1. The first-order chi connectivity index (χ1) is 12.1. The predicted molar refractivity (Wildman–Crippen MR) is 95.0 cm³/mol. The maximum Gasteiger partial charge on any atom is 0.259 e. The van der Waals surface area contributed by atoms with Crippen molar-refractivity contribution in [1.82, 2.24) is 9.78 Å². The second kappa shape index (κ2) is 6.33. The van der Waals surface area contributed by atoms with Gasteiger partial charge in [-0.3, -0.25) is 4.79 Å². The summed E-state index contributed by atoms with van der Waals surface area (Å²) in [4.78, 5) is 12.6. The van der Waals surface area contributed by atoms with E-state index in [1.54, 1.807) is 4.68 Å². The van der Waals surface area contributed by atoms with Gasteiger partial charge in [0.2, 0.25) is 0 Å². The van der Waals surface area contributed by atoms with Gasteiger partial charge in [0.05, 0.1) is 16.9 Å². The van der Waals surface area contributed by atoms with Gasteiger partial charge >= 0.3 is 0 Å². The lowest BCUT2D eigenvalue weighted by molar-refractivity contribution is 0.102. The molecule has 126 valence electrons. The number of hydrogen-bond acceptors (Lipinski definition) is 2. The van der Waals surface area contributed by atoms with E-state index < -0.39 is 11.7 Å². The minimum absolute atomic E-state index is 0.0833. The minimum atomic E-state index is -0.607. The fourth-order valence-corrected chi connectivity index (χ4v) is 3.29. The summed E-state index contributed by atoms with van der Waals surface area (Å²) in [5.74, 6) is -0.542. The molecule has 0 saturated heterocycles. The highest BCUT2D eigenvalue weighted by Gasteiger charge is 2.25. The van der Waals surface area contributed by atoms with E-state index in [0.29, 0.717) is 10.8 Å². The smallest absolute Gasteiger partial charge is 0.259 e. The monoisotopic (exact) mass is 355 g/mol. The van der Waals surface area contributed by atoms with E-state index >= 15 is 0 Å². The SMILES string of the molecule is O=C(Nc1c2c(nn1-c1ccccc1)CCC2)c1cc(Cl)ccc1F. The average molecular weight is 356 g/mol. The second-order valence-corrected chi connectivity index (χ2v) is 6.39. The van der Waals surface area contributed by atoms with Gasteiger partial charge in [0.15, 0.2) is 0 Å². The van der Waals surface area contributed by atoms with Gasteiger partial charge in [-0.2, -0.15) is 5.10 Å². The average Bonchev–Trinajstić information content (AvgIpc) is 3.20. The summed E-state index contributed by atoms with van der Waals surface area (Å²) in [6, 6.07) is 13.5. The highest BCUT2D eigenvalue weighted by molar-refractivity contribution is 6.31. The van der Waals surface area contributed by atoms with Crippen molar-refractivity contribution in [2.45, 2.75) is 19.3 Å². The minimum Gasteiger partial charge on any atom is -0.306 e. The molecule has 6 heteroatoms. The van der Waals surface area contributed by atoms with Crippen molar-refractivity contribution in [2.75, 3.05) is 5.32 Å². The van der Waals surface area contributed by atoms with Crippen LogP contribution in [-0.2, 0) is 12.8 Å². The van der Waals surface area contributed by atoms with E-state index in [0.717, 1.165) is 36.2 Å². The number of aryl methyl sites for hydroxylation is 1. The molecule has 25 heavy (non-hydrogen) atoms. The normalized spacial score (nSPS) is 12.9. The Kier molecular flexibility index (Phi) is 4.01. The zero-order valence-electron chi connectivity index (χ0n) is 13.3. The van der Waals surface area contributed by atoms with E-state index in [2.05, 4.69) is 10.4 Å². The Hall–Kier alpha value is -2.66. The highest BCUT2D eigenvalue weighted by Crippen LogP contribution is 2.31. The molecule has 0 spiro atoms. The van der Waals surface area contributed by atoms with Gasteiger partial charge < -0.3 is 5.32 Å². The molecule has 1 amide bonds. The van der Waals surface area contributed by atoms with Gasteiger partial charge in [-0.1, -0.05) is 29.8 Å². The summed E-state index contributed by atoms with van der Waals surface area (Å²) in [6.07, 6.45) is 2.72. The number of hydrogen-bond donors (Lipinski definition) is 1. The Morgan fingerprint density at radius 2 is 1.96 bits per heavy atom. The maximum absolute atomic E-state index is 14.0. The first-order valence-corrected chi connectivity index (χ1v) is 8.44. The molecule has 4 rings (SSSR count). The fraction of sp³-hybridized carbons (Fsp3) is 0.158. The van der Waals surface area contributed by atoms with E-state index in [9.17, 15) is 9.18 Å². The number of rotatable bonds is 3. The topological polar surface area (TPSA) is 46.9 Å². The molecule has 1 aromatic heterocycles. The van der Waals surface area contributed by atoms with Crippen molar-refractivity contribution in [3.63, 3.8) is 0 Å². The summed E-state index contributed by atoms with van der Waals surface area (Å²) >= 11 is 5.90. The second-order valence-electron chi connectivity index (χ2n) is 5.95. The lowest BCUT2D eigenvalue weighted by atomic mass is 10.2. The van der Waals surface area contributed by atoms with Crippen LogP contribution in [0.5, 0.6) is 0 Å². The standard InChI is InChI=1S/C19H15ClFN3O/c20-12-9-10-16(21)15(11-12)19(25)22-18-14-7-4-8-17(14)23-24(18)13-5-2-1-3-6-13/h1-3,5-6,9-11H,4,7-8H2,(H,22,25). The molecule has 0 radical (unpaired) electrons. The lowest BCUT2D eigenvalue weighted by Crippen LogP contribution is -2.17. The highest BCUT2D eigenvalue weighted by atomic mass is 35.5. The van der Waals surface area contributed by atoms with Crippen LogP contribution >= 0.6 is 11.6 Å². The molecular weight excluding hydrogens is 341 g/mol. The van der Waals surface area contributed by atoms with Crippen molar-refractivity contribution in [1.29, 1.82) is 0 Å². The Balaban J connectivity index is 1.75. The van der Waals surface area contributed by atoms with Crippen LogP contribution in [-0.4, -0.2) is 15.7 Å². The first-order valence-electron chi connectivity index (χ1n) is 8.06. The summed E-state index contributed by atoms with van der Waals surface area (Å²) in [7, 11) is 0. The van der Waals surface area contributed by atoms with Gasteiger partial charge in [-0.25, -0.2) is 9.07 Å². The summed E-state index contributed by atoms with van der Waals surface area (Å²) in [6.45, 7) is 0. The largest absolute Gasteiger partial charge is 0.306 e. The van der Waals surface area contributed by atoms with Crippen LogP contribution in [0.4, 0.5) is 10.2 Å². The molecule has 0 fully saturated rings. The zero-order chi connectivity index (χ0) is 17.4. The molecule has 4 nitrogen and oxygen atoms in total. The fourth-order valence-electron chi connectivity index (χ4n) is 3.12. The third-order valence-electron chi connectivity index (χ3n) is 4.31. The van der Waals surface area contributed by atoms with Crippen molar-refractivity contribution in [3.8, 4) is 5.69 Å². The molecule has 3 aromatic rings. The van der Waals surface area contributed by atoms with Crippen LogP contribution in [0, 0.1) is 5.82 Å². The number of benzene rings is 2. The Morgan fingerprint density at radius 3 is 2.76 bits per heavy atom. The van der Waals surface area contributed by atoms with Crippen LogP contribution in [0.3, 0.4) is 0 Å². The number of aromatic nitrogens is 2. The van der Waals surface area contributed by atoms with E-state index in [1.807, 2.05) is 30.3 Å². The van der Waals surface area contributed by atoms with Crippen LogP contribution in [0.15, 0.2) is 48.5 Å². The molecule has 1 N–H and O–H groups in total. The third-order valence-corrected chi connectivity index (χ3v) is 4.55. The summed E-state index contributed by atoms with van der Waals surface area (Å²) < 4.78 is 15.7. The number of nitrogens with one attached hydrogen (secondary N) is 1. The number of carbonyl (C=O) groups is 1. The van der Waals surface area contributed by atoms with Gasteiger partial charge in [-0.15, -0.1) is 0 Å². The molecular formula is C19H15ClFN3O. The van der Waals surface area contributed by atoms with E-state index in [1.165, 1.54) is 18.2 Å². The number of nitrogens with zero attached hydrogens (tertiary/aromatic N) is 2. The number of para-hydroxylation sites is 1. The Morgan fingerprint density at radius 1 is 1.16 bits per heavy atom. The molecule has 2 aromatic carbocycles. The van der Waals surface area contributed by atoms with Crippen LogP contribution in [0.1, 0.15) is 28.0 Å². The van der Waals surface area contributed by atoms with Crippen LogP contribution < -0.4 is 5.32 Å². The van der Waals surface area contributed by atoms with Gasteiger partial charge in [0.1, 0.15) is 11.6 Å². The zero-order valence-corrected chi connectivity index (χ0v) is 14.1. The lowest BCUT2D eigenvalue weighted by Gasteiger charge is -2.11. The predicted octanol–water partition coefficient (Wildman–Crippen LogP) is 4.41. The third kappa shape index (κ3) is 2.91. The molecule has 0 saturated carbocycles. The first kappa shape index (κ1) is 15.8. The van der Waals surface area contributed by atoms with Crippen LogP contribution in [0.25, 0.3) is 5.69 Å². The molecule has 0 bridgehead atoms. The Labute approximate surface area is 149 Å². The molecule has 1 heterocycles. The summed E-state index contributed by atoms with van der Waals surface area (Å²) in [5.41, 5.74) is 2.75. The Bertz CT molecular complexity index is 953. The van der Waals surface area contributed by atoms with E-state index in [-0.39, 0.29) is 5.56 Å². The number of halogens is 2. The maximum atomic E-state index is 14.0. The van der Waals surface area contributed by atoms with Crippen molar-refractivity contribution < 1.29 is 9.18 Å². The van der Waals surface area contributed by atoms with Gasteiger partial charge in [0.25, 0.3) is 5.91 Å². The van der Waals surface area contributed by atoms with Crippen molar-refractivity contribution >= 4 is 23.3 Å². The molecule has 1 aliphatic carbocycles. The number of amides is 1. The number of fused-ring (bicyclic) bond motifs is 1. The molecule has 0 unspecified atom stereocenters. The molecule has 1 aliphatic rings. The molecule has 0 atom stereocenters. The van der Waals surface area contributed by atoms with Gasteiger partial charge in [0, 0.05) is 10.6 Å². The quantitative estimate of drug-likeness (QED) is 0.756. The number of carbonyl (C=O) groups excluding carboxylic acids is 1. The van der Waals surface area contributed by atoms with Crippen molar-refractivity contribution in [2.24, 2.45) is 0 Å². The van der Waals surface area contributed by atoms with E-state index in [4.69, 9.17) is 11.6 Å². The van der Waals surface area contributed by atoms with Crippen molar-refractivity contribution in [3.05, 3.63) is 76.2 Å². The van der Waals surface area contributed by atoms with Crippen LogP contribution in [0.2, 0.25) is 5.02 Å². The summed E-state index contributed by atoms with van der Waals surface area (Å²) in [5, 5.41) is 7.78. The van der Waals surface area contributed by atoms with Gasteiger partial charge in [-0.05, 0) is 49.6 Å². The molecule has 0 aliphatic heterocycles.